The van der Waals surface area contributed by atoms with Crippen LogP contribution in [0.25, 0.3) is 0 Å². The van der Waals surface area contributed by atoms with E-state index in [1.54, 1.807) is 17.7 Å². The predicted octanol–water partition coefficient (Wildman–Crippen LogP) is 3.45. The molecular weight excluding hydrogens is 498 g/mol. The van der Waals surface area contributed by atoms with Crippen molar-refractivity contribution in [2.45, 2.75) is 39.1 Å². The lowest BCUT2D eigenvalue weighted by Gasteiger charge is -2.19. The number of sulfonamides is 1. The Hall–Kier alpha value is -2.11. The minimum Gasteiger partial charge on any atom is -0.454 e. The number of halogens is 2. The highest BCUT2D eigenvalue weighted by Gasteiger charge is 2.35. The van der Waals surface area contributed by atoms with E-state index >= 15 is 0 Å². The molecule has 0 N–H and O–H groups in total. The molecule has 0 atom stereocenters. The number of hydrogen-bond acceptors (Lipinski definition) is 6. The van der Waals surface area contributed by atoms with Gasteiger partial charge < -0.3 is 4.42 Å². The van der Waals surface area contributed by atoms with Crippen LogP contribution in [-0.2, 0) is 23.6 Å². The highest BCUT2D eigenvalue weighted by molar-refractivity contribution is 9.10. The van der Waals surface area contributed by atoms with Gasteiger partial charge in [-0.1, -0.05) is 11.6 Å². The summed E-state index contributed by atoms with van der Waals surface area (Å²) in [5, 5.41) is 8.37. The SMILES string of the molecule is CCN(C(=O)c1ccc(Cn2nc(C)c(Br)c2C)o1)S(=O)(=O)c1c(C)nn(C)c1Cl. The van der Waals surface area contributed by atoms with Crippen molar-refractivity contribution < 1.29 is 17.6 Å². The summed E-state index contributed by atoms with van der Waals surface area (Å²) in [5.74, 6) is -0.396. The number of hydrogen-bond donors (Lipinski definition) is 0. The molecule has 0 fully saturated rings. The van der Waals surface area contributed by atoms with Gasteiger partial charge in [-0.05, 0) is 55.8 Å². The Bertz CT molecular complexity index is 1230. The lowest BCUT2D eigenvalue weighted by molar-refractivity contribution is 0.0834. The zero-order valence-corrected chi connectivity index (χ0v) is 20.3. The standard InChI is InChI=1S/C18H21BrClN5O4S/c1-6-25(30(27,28)16-11(3)21-23(5)17(16)20)18(26)14-8-7-13(29-14)9-24-12(4)15(19)10(2)22-24/h7-8H,6,9H2,1-5H3. The third-order valence-electron chi connectivity index (χ3n) is 4.63. The van der Waals surface area contributed by atoms with Crippen molar-refractivity contribution in [3.63, 3.8) is 0 Å². The Labute approximate surface area is 187 Å². The van der Waals surface area contributed by atoms with Gasteiger partial charge >= 0.3 is 5.91 Å². The van der Waals surface area contributed by atoms with E-state index in [1.807, 2.05) is 13.8 Å². The molecule has 12 heteroatoms. The van der Waals surface area contributed by atoms with E-state index < -0.39 is 15.9 Å². The number of rotatable bonds is 6. The minimum absolute atomic E-state index is 0.0611. The molecule has 0 bridgehead atoms. The summed E-state index contributed by atoms with van der Waals surface area (Å²) < 4.78 is 36.5. The third kappa shape index (κ3) is 3.81. The molecule has 3 aromatic heterocycles. The first-order valence-electron chi connectivity index (χ1n) is 9.03. The van der Waals surface area contributed by atoms with Crippen molar-refractivity contribution in [2.24, 2.45) is 7.05 Å². The summed E-state index contributed by atoms with van der Waals surface area (Å²) in [6.45, 7) is 7.08. The van der Waals surface area contributed by atoms with E-state index in [-0.39, 0.29) is 28.0 Å². The maximum atomic E-state index is 13.1. The molecule has 30 heavy (non-hydrogen) atoms. The Morgan fingerprint density at radius 3 is 2.40 bits per heavy atom. The lowest BCUT2D eigenvalue weighted by Crippen LogP contribution is -2.36. The molecule has 0 radical (unpaired) electrons. The smallest absolute Gasteiger partial charge is 0.303 e. The number of aryl methyl sites for hydroxylation is 3. The van der Waals surface area contributed by atoms with Gasteiger partial charge in [-0.3, -0.25) is 14.2 Å². The lowest BCUT2D eigenvalue weighted by atomic mass is 10.4. The Kier molecular flexibility index (Phi) is 6.17. The maximum absolute atomic E-state index is 13.1. The van der Waals surface area contributed by atoms with Crippen molar-refractivity contribution in [1.29, 1.82) is 0 Å². The average molecular weight is 519 g/mol. The topological polar surface area (TPSA) is 103 Å². The van der Waals surface area contributed by atoms with E-state index in [0.29, 0.717) is 12.3 Å². The first kappa shape index (κ1) is 22.6. The van der Waals surface area contributed by atoms with Crippen LogP contribution in [0.3, 0.4) is 0 Å². The van der Waals surface area contributed by atoms with E-state index in [1.165, 1.54) is 24.7 Å². The highest BCUT2D eigenvalue weighted by atomic mass is 79.9. The van der Waals surface area contributed by atoms with Gasteiger partial charge in [0.15, 0.2) is 5.76 Å². The van der Waals surface area contributed by atoms with E-state index in [2.05, 4.69) is 26.1 Å². The van der Waals surface area contributed by atoms with E-state index in [4.69, 9.17) is 16.0 Å². The molecule has 0 aliphatic carbocycles. The third-order valence-corrected chi connectivity index (χ3v) is 8.34. The number of furan rings is 1. The van der Waals surface area contributed by atoms with Gasteiger partial charge in [-0.2, -0.15) is 10.2 Å². The average Bonchev–Trinajstić information content (AvgIpc) is 3.30. The van der Waals surface area contributed by atoms with Crippen LogP contribution in [0, 0.1) is 20.8 Å². The number of carbonyl (C=O) groups excluding carboxylic acids is 1. The van der Waals surface area contributed by atoms with E-state index in [9.17, 15) is 13.2 Å². The molecule has 3 heterocycles. The number of aromatic nitrogens is 4. The molecule has 3 aromatic rings. The summed E-state index contributed by atoms with van der Waals surface area (Å²) >= 11 is 9.59. The van der Waals surface area contributed by atoms with Gasteiger partial charge in [0.1, 0.15) is 15.8 Å². The molecule has 0 spiro atoms. The Balaban J connectivity index is 1.90. The summed E-state index contributed by atoms with van der Waals surface area (Å²) in [5.41, 5.74) is 1.96. The zero-order valence-electron chi connectivity index (χ0n) is 17.1. The largest absolute Gasteiger partial charge is 0.454 e. The van der Waals surface area contributed by atoms with Crippen molar-refractivity contribution in [3.8, 4) is 0 Å². The predicted molar refractivity (Wildman–Crippen MR) is 114 cm³/mol. The number of carbonyl (C=O) groups is 1. The van der Waals surface area contributed by atoms with Crippen LogP contribution in [0.2, 0.25) is 5.15 Å². The number of nitrogens with zero attached hydrogens (tertiary/aromatic N) is 5. The zero-order chi connectivity index (χ0) is 22.4. The fourth-order valence-corrected chi connectivity index (χ4v) is 5.49. The minimum atomic E-state index is -4.21. The molecular formula is C18H21BrClN5O4S. The fraction of sp³-hybridized carbons (Fsp3) is 0.389. The van der Waals surface area contributed by atoms with Crippen LogP contribution >= 0.6 is 27.5 Å². The Morgan fingerprint density at radius 1 is 1.23 bits per heavy atom. The molecule has 0 saturated heterocycles. The van der Waals surface area contributed by atoms with Crippen LogP contribution in [0.1, 0.15) is 40.3 Å². The Morgan fingerprint density at radius 2 is 1.90 bits per heavy atom. The van der Waals surface area contributed by atoms with Gasteiger partial charge in [0.25, 0.3) is 10.0 Å². The summed E-state index contributed by atoms with van der Waals surface area (Å²) in [4.78, 5) is 12.8. The van der Waals surface area contributed by atoms with E-state index in [0.717, 1.165) is 20.2 Å². The molecule has 0 saturated carbocycles. The first-order chi connectivity index (χ1) is 14.0. The van der Waals surface area contributed by atoms with Crippen molar-refractivity contribution in [2.75, 3.05) is 6.54 Å². The van der Waals surface area contributed by atoms with Crippen molar-refractivity contribution in [1.82, 2.24) is 23.9 Å². The quantitative estimate of drug-likeness (QED) is 0.495. The van der Waals surface area contributed by atoms with Gasteiger partial charge in [0, 0.05) is 13.6 Å². The van der Waals surface area contributed by atoms with Gasteiger partial charge in [0.2, 0.25) is 0 Å². The molecule has 0 aliphatic rings. The second-order valence-corrected chi connectivity index (χ2v) is 9.66. The second-order valence-electron chi connectivity index (χ2n) is 6.71. The highest BCUT2D eigenvalue weighted by Crippen LogP contribution is 2.28. The normalized spacial score (nSPS) is 11.8. The molecule has 0 aliphatic heterocycles. The molecule has 0 aromatic carbocycles. The van der Waals surface area contributed by atoms with Crippen molar-refractivity contribution in [3.05, 3.63) is 50.4 Å². The number of amides is 1. The van der Waals surface area contributed by atoms with Crippen LogP contribution in [0.5, 0.6) is 0 Å². The van der Waals surface area contributed by atoms with Crippen LogP contribution in [-0.4, -0.2) is 44.7 Å². The maximum Gasteiger partial charge on any atom is 0.303 e. The van der Waals surface area contributed by atoms with Crippen LogP contribution in [0.4, 0.5) is 0 Å². The molecule has 1 amide bonds. The van der Waals surface area contributed by atoms with Gasteiger partial charge in [0.05, 0.1) is 28.1 Å². The molecule has 3 rings (SSSR count). The van der Waals surface area contributed by atoms with Crippen LogP contribution in [0.15, 0.2) is 25.9 Å². The first-order valence-corrected chi connectivity index (χ1v) is 11.6. The van der Waals surface area contributed by atoms with Crippen molar-refractivity contribution >= 4 is 43.5 Å². The molecule has 0 unspecified atom stereocenters. The molecule has 162 valence electrons. The summed E-state index contributed by atoms with van der Waals surface area (Å²) in [6, 6.07) is 3.08. The van der Waals surface area contributed by atoms with Gasteiger partial charge in [-0.25, -0.2) is 12.7 Å². The van der Waals surface area contributed by atoms with Gasteiger partial charge in [-0.15, -0.1) is 0 Å². The monoisotopic (exact) mass is 517 g/mol. The van der Waals surface area contributed by atoms with Crippen LogP contribution < -0.4 is 0 Å². The summed E-state index contributed by atoms with van der Waals surface area (Å²) in [7, 11) is -2.68. The summed E-state index contributed by atoms with van der Waals surface area (Å²) in [6.07, 6.45) is 0. The fourth-order valence-electron chi connectivity index (χ4n) is 3.11. The molecule has 9 nitrogen and oxygen atoms in total. The second kappa shape index (κ2) is 8.20.